The van der Waals surface area contributed by atoms with E-state index in [1.807, 2.05) is 31.1 Å². The van der Waals surface area contributed by atoms with Crippen molar-refractivity contribution in [1.29, 1.82) is 0 Å². The van der Waals surface area contributed by atoms with E-state index in [-0.39, 0.29) is 28.6 Å². The molecule has 218 valence electrons. The summed E-state index contributed by atoms with van der Waals surface area (Å²) in [7, 11) is 3.89. The van der Waals surface area contributed by atoms with Crippen molar-refractivity contribution in [3.63, 3.8) is 0 Å². The first-order valence-electron chi connectivity index (χ1n) is 13.9. The molecule has 12 heteroatoms. The highest BCUT2D eigenvalue weighted by atomic mass is 16.4. The summed E-state index contributed by atoms with van der Waals surface area (Å²) in [4.78, 5) is 58.6. The van der Waals surface area contributed by atoms with Crippen molar-refractivity contribution >= 4 is 45.9 Å². The Hall–Kier alpha value is -4.87. The Bertz CT molecular complexity index is 1680. The van der Waals surface area contributed by atoms with Crippen LogP contribution in [0.25, 0.3) is 11.0 Å². The number of carboxylic acids is 1. The van der Waals surface area contributed by atoms with Gasteiger partial charge < -0.3 is 20.2 Å². The van der Waals surface area contributed by atoms with Crippen molar-refractivity contribution < 1.29 is 14.7 Å². The number of likely N-dealkylation sites (N-methyl/N-ethyl adjacent to an activating group) is 2. The molecule has 0 amide bonds. The molecule has 5 rings (SSSR count). The number of carbonyl (C=O) groups is 2. The fraction of sp³-hybridized carbons (Fsp3) is 0.367. The van der Waals surface area contributed by atoms with Crippen LogP contribution in [0.15, 0.2) is 47.7 Å². The fourth-order valence-electron chi connectivity index (χ4n) is 5.41. The molecule has 42 heavy (non-hydrogen) atoms. The molecule has 0 radical (unpaired) electrons. The highest BCUT2D eigenvalue weighted by Gasteiger charge is 2.26. The number of aromatic carboxylic acids is 1. The third-order valence-corrected chi connectivity index (χ3v) is 7.86. The zero-order valence-corrected chi connectivity index (χ0v) is 24.2. The maximum atomic E-state index is 13.4. The number of aromatic nitrogens is 5. The highest BCUT2D eigenvalue weighted by Crippen LogP contribution is 2.32. The molecule has 0 unspecified atom stereocenters. The van der Waals surface area contributed by atoms with E-state index in [0.29, 0.717) is 41.5 Å². The first-order chi connectivity index (χ1) is 20.1. The standard InChI is InChI=1S/C30H34N8O4/c1-18-23-17-33-30(35-27(23)38(20-7-5-6-8-20)28(40)26(18)19(2)39)34-25-12-10-22(16-32-25)37(4)14-13-36(3)21-9-11-24(29(41)42)31-15-21/h9-12,15-17,20H,5-8,13-14H2,1-4H3,(H,41,42)(H,32,33,34,35). The van der Waals surface area contributed by atoms with Crippen molar-refractivity contribution in [1.82, 2.24) is 24.5 Å². The second kappa shape index (κ2) is 11.9. The normalized spacial score (nSPS) is 13.3. The van der Waals surface area contributed by atoms with Gasteiger partial charge in [-0.2, -0.15) is 4.98 Å². The van der Waals surface area contributed by atoms with Crippen LogP contribution in [0.3, 0.4) is 0 Å². The summed E-state index contributed by atoms with van der Waals surface area (Å²) in [5.74, 6) is -0.425. The monoisotopic (exact) mass is 570 g/mol. The van der Waals surface area contributed by atoms with Crippen LogP contribution in [-0.4, -0.2) is 68.5 Å². The quantitative estimate of drug-likeness (QED) is 0.264. The van der Waals surface area contributed by atoms with Crippen LogP contribution in [0, 0.1) is 6.92 Å². The van der Waals surface area contributed by atoms with E-state index in [9.17, 15) is 14.4 Å². The predicted molar refractivity (Wildman–Crippen MR) is 161 cm³/mol. The van der Waals surface area contributed by atoms with Crippen LogP contribution in [0.4, 0.5) is 23.1 Å². The van der Waals surface area contributed by atoms with Gasteiger partial charge in [0, 0.05) is 44.8 Å². The Morgan fingerprint density at radius 2 is 1.62 bits per heavy atom. The van der Waals surface area contributed by atoms with Gasteiger partial charge in [-0.15, -0.1) is 0 Å². The molecule has 0 aliphatic heterocycles. The van der Waals surface area contributed by atoms with Gasteiger partial charge in [-0.1, -0.05) is 12.8 Å². The van der Waals surface area contributed by atoms with Crippen molar-refractivity contribution in [2.24, 2.45) is 0 Å². The molecular formula is C30H34N8O4. The van der Waals surface area contributed by atoms with E-state index in [2.05, 4.69) is 25.2 Å². The van der Waals surface area contributed by atoms with Crippen molar-refractivity contribution in [2.45, 2.75) is 45.6 Å². The number of nitrogens with zero attached hydrogens (tertiary/aromatic N) is 7. The van der Waals surface area contributed by atoms with Gasteiger partial charge in [-0.25, -0.2) is 19.7 Å². The third kappa shape index (κ3) is 5.78. The minimum absolute atomic E-state index is 0.00816. The summed E-state index contributed by atoms with van der Waals surface area (Å²) in [6.07, 6.45) is 8.80. The smallest absolute Gasteiger partial charge is 0.354 e. The Balaban J connectivity index is 1.30. The Kier molecular flexibility index (Phi) is 8.14. The topological polar surface area (TPSA) is 146 Å². The Morgan fingerprint density at radius 1 is 0.976 bits per heavy atom. The number of ketones is 1. The summed E-state index contributed by atoms with van der Waals surface area (Å²) >= 11 is 0. The minimum atomic E-state index is -1.05. The zero-order valence-electron chi connectivity index (χ0n) is 24.2. The number of carboxylic acid groups (broad SMARTS) is 1. The summed E-state index contributed by atoms with van der Waals surface area (Å²) in [5.41, 5.74) is 2.81. The van der Waals surface area contributed by atoms with E-state index in [0.717, 1.165) is 37.1 Å². The fourth-order valence-corrected chi connectivity index (χ4v) is 5.41. The molecule has 0 spiro atoms. The number of hydrogen-bond donors (Lipinski definition) is 2. The molecule has 1 saturated carbocycles. The van der Waals surface area contributed by atoms with Crippen molar-refractivity contribution in [2.75, 3.05) is 42.3 Å². The Labute approximate surface area is 243 Å². The zero-order chi connectivity index (χ0) is 30.0. The van der Waals surface area contributed by atoms with Crippen LogP contribution in [-0.2, 0) is 0 Å². The lowest BCUT2D eigenvalue weighted by Crippen LogP contribution is -2.30. The number of hydrogen-bond acceptors (Lipinski definition) is 10. The molecule has 4 aromatic rings. The molecule has 4 aromatic heterocycles. The second-order valence-corrected chi connectivity index (χ2v) is 10.7. The van der Waals surface area contributed by atoms with Gasteiger partial charge in [-0.05, 0) is 56.5 Å². The van der Waals surface area contributed by atoms with Gasteiger partial charge in [0.25, 0.3) is 5.56 Å². The van der Waals surface area contributed by atoms with E-state index in [1.54, 1.807) is 36.1 Å². The largest absolute Gasteiger partial charge is 0.477 e. The van der Waals surface area contributed by atoms with Gasteiger partial charge >= 0.3 is 5.97 Å². The molecule has 2 N–H and O–H groups in total. The van der Waals surface area contributed by atoms with Gasteiger partial charge in [0.15, 0.2) is 5.78 Å². The predicted octanol–water partition coefficient (Wildman–Crippen LogP) is 4.22. The molecular weight excluding hydrogens is 536 g/mol. The van der Waals surface area contributed by atoms with E-state index >= 15 is 0 Å². The van der Waals surface area contributed by atoms with E-state index in [1.165, 1.54) is 13.0 Å². The van der Waals surface area contributed by atoms with Gasteiger partial charge in [0.1, 0.15) is 17.2 Å². The van der Waals surface area contributed by atoms with Crippen LogP contribution in [0.1, 0.15) is 65.1 Å². The average molecular weight is 571 g/mol. The number of Topliss-reactive ketones (excluding diaryl/α,β-unsaturated/α-hetero) is 1. The van der Waals surface area contributed by atoms with Crippen LogP contribution in [0.2, 0.25) is 0 Å². The molecule has 1 aliphatic carbocycles. The molecule has 0 atom stereocenters. The molecule has 0 bridgehead atoms. The third-order valence-electron chi connectivity index (χ3n) is 7.86. The molecule has 1 aliphatic rings. The maximum Gasteiger partial charge on any atom is 0.354 e. The number of aryl methyl sites for hydroxylation is 1. The molecule has 4 heterocycles. The molecule has 1 fully saturated rings. The first-order valence-corrected chi connectivity index (χ1v) is 13.9. The van der Waals surface area contributed by atoms with Gasteiger partial charge in [0.05, 0.1) is 29.3 Å². The minimum Gasteiger partial charge on any atom is -0.477 e. The highest BCUT2D eigenvalue weighted by molar-refractivity contribution is 5.99. The number of rotatable bonds is 10. The molecule has 12 nitrogen and oxygen atoms in total. The van der Waals surface area contributed by atoms with Crippen LogP contribution in [0.5, 0.6) is 0 Å². The van der Waals surface area contributed by atoms with Crippen molar-refractivity contribution in [3.8, 4) is 0 Å². The molecule has 0 saturated heterocycles. The second-order valence-electron chi connectivity index (χ2n) is 10.7. The number of fused-ring (bicyclic) bond motifs is 1. The van der Waals surface area contributed by atoms with Gasteiger partial charge in [-0.3, -0.25) is 14.2 Å². The lowest BCUT2D eigenvalue weighted by Gasteiger charge is -2.24. The summed E-state index contributed by atoms with van der Waals surface area (Å²) in [5, 5.41) is 12.9. The van der Waals surface area contributed by atoms with Gasteiger partial charge in [0.2, 0.25) is 5.95 Å². The lowest BCUT2D eigenvalue weighted by molar-refractivity contribution is 0.0690. The number of nitrogens with one attached hydrogen (secondary N) is 1. The number of pyridine rings is 3. The summed E-state index contributed by atoms with van der Waals surface area (Å²) in [6, 6.07) is 7.02. The van der Waals surface area contributed by atoms with Crippen LogP contribution < -0.4 is 20.7 Å². The summed E-state index contributed by atoms with van der Waals surface area (Å²) < 4.78 is 1.69. The maximum absolute atomic E-state index is 13.4. The first kappa shape index (κ1) is 28.7. The SMILES string of the molecule is CC(=O)c1c(C)c2cnc(Nc3ccc(N(C)CCN(C)c4ccc(C(=O)O)nc4)cn3)nc2n(C2CCCC2)c1=O. The Morgan fingerprint density at radius 3 is 2.17 bits per heavy atom. The average Bonchev–Trinajstić information content (AvgIpc) is 3.50. The number of carbonyl (C=O) groups excluding carboxylic acids is 1. The van der Waals surface area contributed by atoms with Crippen LogP contribution >= 0.6 is 0 Å². The number of anilines is 4. The molecule has 0 aromatic carbocycles. The van der Waals surface area contributed by atoms with Crippen molar-refractivity contribution in [3.05, 3.63) is 70.0 Å². The summed E-state index contributed by atoms with van der Waals surface area (Å²) in [6.45, 7) is 4.58. The van der Waals surface area contributed by atoms with E-state index < -0.39 is 5.97 Å². The lowest BCUT2D eigenvalue weighted by atomic mass is 10.0. The van der Waals surface area contributed by atoms with E-state index in [4.69, 9.17) is 10.1 Å².